The summed E-state index contributed by atoms with van der Waals surface area (Å²) < 4.78 is 32.3. The summed E-state index contributed by atoms with van der Waals surface area (Å²) >= 11 is 0. The third-order valence-electron chi connectivity index (χ3n) is 6.12. The van der Waals surface area contributed by atoms with E-state index in [2.05, 4.69) is 6.07 Å². The summed E-state index contributed by atoms with van der Waals surface area (Å²) in [5, 5.41) is 0. The summed E-state index contributed by atoms with van der Waals surface area (Å²) in [5.74, 6) is -0.207. The third-order valence-corrected chi connectivity index (χ3v) is 8.21. The smallest absolute Gasteiger partial charge is 0.457 e. The number of anilines is 1. The maximum absolute atomic E-state index is 14.9. The van der Waals surface area contributed by atoms with Gasteiger partial charge in [0.25, 0.3) is 0 Å². The summed E-state index contributed by atoms with van der Waals surface area (Å²) in [7, 11) is -2.54. The Morgan fingerprint density at radius 1 is 0.778 bits per heavy atom. The van der Waals surface area contributed by atoms with Crippen LogP contribution >= 0.6 is 7.60 Å². The van der Waals surface area contributed by atoms with E-state index in [1.165, 1.54) is 7.11 Å². The van der Waals surface area contributed by atoms with Crippen LogP contribution < -0.4 is 13.9 Å². The molecule has 7 heteroatoms. The van der Waals surface area contributed by atoms with Crippen LogP contribution in [0.15, 0.2) is 109 Å². The monoisotopic (exact) mass is 499 g/mol. The van der Waals surface area contributed by atoms with Crippen LogP contribution in [0.1, 0.15) is 27.3 Å². The first-order valence-corrected chi connectivity index (χ1v) is 13.3. The molecule has 4 aromatic carbocycles. The number of para-hydroxylation sites is 2. The van der Waals surface area contributed by atoms with Crippen molar-refractivity contribution >= 4 is 19.3 Å². The van der Waals surface area contributed by atoms with E-state index in [9.17, 15) is 9.36 Å². The van der Waals surface area contributed by atoms with Gasteiger partial charge in [0.05, 0.1) is 12.7 Å². The molecule has 0 bridgehead atoms. The van der Waals surface area contributed by atoms with Crippen molar-refractivity contribution in [3.8, 4) is 11.5 Å². The van der Waals surface area contributed by atoms with E-state index in [0.717, 1.165) is 23.2 Å². The third kappa shape index (κ3) is 4.86. The lowest BCUT2D eigenvalue weighted by Crippen LogP contribution is -2.37. The zero-order chi connectivity index (χ0) is 25.0. The standard InChI is InChI=1S/C29H26NO5P/c1-33-29(31)23-16-18-24(19-17-23)30-21-20-22-10-8-9-15-27(22)28(30)36(32,34-25-11-4-2-5-12-25)35-26-13-6-3-7-14-26/h2-19,28H,20-21H2,1H3. The van der Waals surface area contributed by atoms with Gasteiger partial charge in [-0.2, -0.15) is 0 Å². The van der Waals surface area contributed by atoms with Crippen LogP contribution in [0.2, 0.25) is 0 Å². The van der Waals surface area contributed by atoms with Crippen LogP contribution in [-0.4, -0.2) is 19.6 Å². The van der Waals surface area contributed by atoms with Crippen molar-refractivity contribution in [1.29, 1.82) is 0 Å². The Balaban J connectivity index is 1.63. The Labute approximate surface area is 210 Å². The molecule has 36 heavy (non-hydrogen) atoms. The van der Waals surface area contributed by atoms with Gasteiger partial charge in [-0.15, -0.1) is 0 Å². The van der Waals surface area contributed by atoms with Crippen molar-refractivity contribution in [2.75, 3.05) is 18.6 Å². The first-order valence-electron chi connectivity index (χ1n) is 11.7. The molecule has 0 fully saturated rings. The van der Waals surface area contributed by atoms with E-state index < -0.39 is 19.3 Å². The quantitative estimate of drug-likeness (QED) is 0.204. The predicted molar refractivity (Wildman–Crippen MR) is 140 cm³/mol. The maximum Gasteiger partial charge on any atom is 0.457 e. The SMILES string of the molecule is COC(=O)c1ccc(N2CCc3ccccc3C2P(=O)(Oc2ccccc2)Oc2ccccc2)cc1. The van der Waals surface area contributed by atoms with Crippen molar-refractivity contribution in [2.24, 2.45) is 0 Å². The molecule has 1 atom stereocenters. The minimum absolute atomic E-state index is 0.410. The van der Waals surface area contributed by atoms with Crippen LogP contribution in [0, 0.1) is 0 Å². The van der Waals surface area contributed by atoms with E-state index >= 15 is 0 Å². The average Bonchev–Trinajstić information content (AvgIpc) is 2.93. The lowest BCUT2D eigenvalue weighted by atomic mass is 9.99. The number of benzene rings is 4. The Morgan fingerprint density at radius 3 is 1.92 bits per heavy atom. The number of ether oxygens (including phenoxy) is 1. The Hall–Kier alpha value is -4.02. The van der Waals surface area contributed by atoms with E-state index in [-0.39, 0.29) is 0 Å². The van der Waals surface area contributed by atoms with Crippen molar-refractivity contribution < 1.29 is 23.1 Å². The molecule has 182 valence electrons. The Kier molecular flexibility index (Phi) is 6.79. The minimum atomic E-state index is -3.89. The highest BCUT2D eigenvalue weighted by Gasteiger charge is 2.47. The van der Waals surface area contributed by atoms with Gasteiger partial charge in [-0.25, -0.2) is 9.36 Å². The highest BCUT2D eigenvalue weighted by molar-refractivity contribution is 7.55. The highest BCUT2D eigenvalue weighted by Crippen LogP contribution is 2.63. The van der Waals surface area contributed by atoms with E-state index in [1.54, 1.807) is 36.4 Å². The fraction of sp³-hybridized carbons (Fsp3) is 0.138. The first-order chi connectivity index (χ1) is 17.6. The van der Waals surface area contributed by atoms with Gasteiger partial charge in [-0.1, -0.05) is 60.7 Å². The number of hydrogen-bond acceptors (Lipinski definition) is 6. The molecule has 0 spiro atoms. The number of carbonyl (C=O) groups is 1. The molecule has 0 amide bonds. The number of nitrogens with zero attached hydrogens (tertiary/aromatic N) is 1. The second-order valence-corrected chi connectivity index (χ2v) is 10.3. The fourth-order valence-corrected chi connectivity index (χ4v) is 6.69. The molecule has 5 rings (SSSR count). The van der Waals surface area contributed by atoms with Gasteiger partial charge in [-0.05, 0) is 66.1 Å². The highest BCUT2D eigenvalue weighted by atomic mass is 31.2. The van der Waals surface area contributed by atoms with Gasteiger partial charge in [0.2, 0.25) is 0 Å². The number of rotatable bonds is 7. The fourth-order valence-electron chi connectivity index (χ4n) is 4.44. The molecule has 1 heterocycles. The molecule has 6 nitrogen and oxygen atoms in total. The summed E-state index contributed by atoms with van der Waals surface area (Å²) in [4.78, 5) is 14.0. The lowest BCUT2D eigenvalue weighted by Gasteiger charge is -2.41. The maximum atomic E-state index is 14.9. The summed E-state index contributed by atoms with van der Waals surface area (Å²) in [6, 6.07) is 33.2. The lowest BCUT2D eigenvalue weighted by molar-refractivity contribution is 0.0600. The topological polar surface area (TPSA) is 65.1 Å². The molecule has 1 unspecified atom stereocenters. The molecule has 0 saturated carbocycles. The number of methoxy groups -OCH3 is 1. The molecular formula is C29H26NO5P. The number of esters is 1. The first kappa shape index (κ1) is 23.7. The molecule has 0 aromatic heterocycles. The molecule has 1 aliphatic rings. The molecular weight excluding hydrogens is 473 g/mol. The zero-order valence-electron chi connectivity index (χ0n) is 19.8. The minimum Gasteiger partial charge on any atom is -0.465 e. The van der Waals surface area contributed by atoms with Crippen molar-refractivity contribution in [3.05, 3.63) is 126 Å². The number of fused-ring (bicyclic) bond motifs is 1. The molecule has 1 aliphatic heterocycles. The molecule has 0 N–H and O–H groups in total. The summed E-state index contributed by atoms with van der Waals surface area (Å²) in [6.45, 7) is 0.597. The second kappa shape index (κ2) is 10.3. The van der Waals surface area contributed by atoms with Crippen molar-refractivity contribution in [3.63, 3.8) is 0 Å². The molecule has 4 aromatic rings. The van der Waals surface area contributed by atoms with Gasteiger partial charge in [0.1, 0.15) is 11.5 Å². The molecule has 0 saturated heterocycles. The van der Waals surface area contributed by atoms with Crippen LogP contribution in [0.3, 0.4) is 0 Å². The van der Waals surface area contributed by atoms with Gasteiger partial charge >= 0.3 is 13.6 Å². The average molecular weight is 500 g/mol. The van der Waals surface area contributed by atoms with Crippen LogP contribution in [0.5, 0.6) is 11.5 Å². The van der Waals surface area contributed by atoms with Crippen LogP contribution in [0.4, 0.5) is 5.69 Å². The molecule has 0 aliphatic carbocycles. The van der Waals surface area contributed by atoms with Crippen molar-refractivity contribution in [2.45, 2.75) is 12.2 Å². The summed E-state index contributed by atoms with van der Waals surface area (Å²) in [6.07, 6.45) is 0.766. The number of hydrogen-bond donors (Lipinski definition) is 0. The van der Waals surface area contributed by atoms with E-state index in [0.29, 0.717) is 23.6 Å². The second-order valence-electron chi connectivity index (χ2n) is 8.40. The Morgan fingerprint density at radius 2 is 1.33 bits per heavy atom. The number of carbonyl (C=O) groups excluding carboxylic acids is 1. The van der Waals surface area contributed by atoms with Gasteiger partial charge in [0, 0.05) is 12.2 Å². The van der Waals surface area contributed by atoms with Gasteiger partial charge < -0.3 is 18.7 Å². The predicted octanol–water partition coefficient (Wildman–Crippen LogP) is 6.89. The van der Waals surface area contributed by atoms with E-state index in [4.69, 9.17) is 13.8 Å². The normalized spacial score (nSPS) is 15.0. The largest absolute Gasteiger partial charge is 0.465 e. The van der Waals surface area contributed by atoms with Crippen LogP contribution in [0.25, 0.3) is 0 Å². The molecule has 0 radical (unpaired) electrons. The van der Waals surface area contributed by atoms with Crippen molar-refractivity contribution in [1.82, 2.24) is 0 Å². The van der Waals surface area contributed by atoms with Gasteiger partial charge in [-0.3, -0.25) is 0 Å². The van der Waals surface area contributed by atoms with Crippen LogP contribution in [-0.2, 0) is 15.7 Å². The van der Waals surface area contributed by atoms with E-state index in [1.807, 2.05) is 71.6 Å². The Bertz CT molecular complexity index is 1330. The summed E-state index contributed by atoms with van der Waals surface area (Å²) in [5.41, 5.74) is 3.23. The van der Waals surface area contributed by atoms with Gasteiger partial charge in [0.15, 0.2) is 5.78 Å². The zero-order valence-corrected chi connectivity index (χ0v) is 20.7.